The van der Waals surface area contributed by atoms with E-state index < -0.39 is 0 Å². The Bertz CT molecular complexity index is 521. The zero-order valence-electron chi connectivity index (χ0n) is 12.5. The fourth-order valence-electron chi connectivity index (χ4n) is 5.70. The molecule has 5 rings (SSSR count). The molecule has 1 N–H and O–H groups in total. The van der Waals surface area contributed by atoms with Crippen LogP contribution in [0.15, 0.2) is 22.7 Å². The van der Waals surface area contributed by atoms with E-state index in [0.29, 0.717) is 11.5 Å². The van der Waals surface area contributed by atoms with Crippen LogP contribution in [0.2, 0.25) is 5.02 Å². The average molecular weight is 369 g/mol. The molecule has 0 heterocycles. The molecule has 21 heavy (non-hydrogen) atoms. The van der Waals surface area contributed by atoms with E-state index in [1.54, 1.807) is 0 Å². The number of halogens is 2. The van der Waals surface area contributed by atoms with Gasteiger partial charge in [-0.1, -0.05) is 27.5 Å². The lowest BCUT2D eigenvalue weighted by atomic mass is 9.48. The molecule has 0 aromatic heterocycles. The normalized spacial score (nSPS) is 38.5. The van der Waals surface area contributed by atoms with Crippen LogP contribution in [0.3, 0.4) is 0 Å². The summed E-state index contributed by atoms with van der Waals surface area (Å²) < 4.78 is 1.09. The quantitative estimate of drug-likeness (QED) is 0.677. The van der Waals surface area contributed by atoms with Crippen LogP contribution in [0.25, 0.3) is 0 Å². The number of nitrogens with one attached hydrogen (secondary N) is 1. The third kappa shape index (κ3) is 2.53. The van der Waals surface area contributed by atoms with Gasteiger partial charge in [-0.2, -0.15) is 0 Å². The van der Waals surface area contributed by atoms with Crippen molar-refractivity contribution in [1.82, 2.24) is 0 Å². The van der Waals surface area contributed by atoms with E-state index in [1.165, 1.54) is 38.5 Å². The van der Waals surface area contributed by atoms with Crippen molar-refractivity contribution >= 4 is 33.2 Å². The van der Waals surface area contributed by atoms with Gasteiger partial charge in [-0.15, -0.1) is 0 Å². The average Bonchev–Trinajstić information content (AvgIpc) is 2.41. The highest BCUT2D eigenvalue weighted by atomic mass is 79.9. The van der Waals surface area contributed by atoms with Crippen LogP contribution >= 0.6 is 27.5 Å². The van der Waals surface area contributed by atoms with E-state index in [4.69, 9.17) is 11.6 Å². The fourth-order valence-corrected chi connectivity index (χ4v) is 6.24. The van der Waals surface area contributed by atoms with Crippen molar-refractivity contribution in [3.05, 3.63) is 27.7 Å². The molecule has 4 aliphatic carbocycles. The minimum Gasteiger partial charge on any atom is -0.381 e. The zero-order valence-corrected chi connectivity index (χ0v) is 14.9. The van der Waals surface area contributed by atoms with Gasteiger partial charge in [-0.3, -0.25) is 0 Å². The number of anilines is 1. The van der Waals surface area contributed by atoms with Crippen LogP contribution in [0.1, 0.15) is 45.4 Å². The summed E-state index contributed by atoms with van der Waals surface area (Å²) in [6, 6.07) is 6.60. The van der Waals surface area contributed by atoms with Crippen molar-refractivity contribution < 1.29 is 0 Å². The summed E-state index contributed by atoms with van der Waals surface area (Å²) in [6.07, 6.45) is 8.80. The van der Waals surface area contributed by atoms with Crippen LogP contribution in [0.4, 0.5) is 5.69 Å². The molecular formula is C18H23BrClN. The number of benzene rings is 1. The predicted octanol–water partition coefficient (Wildman–Crippen LogP) is 6.12. The molecule has 114 valence electrons. The molecule has 4 fully saturated rings. The molecule has 0 radical (unpaired) electrons. The van der Waals surface area contributed by atoms with Crippen molar-refractivity contribution in [3.63, 3.8) is 0 Å². The Labute approximate surface area is 141 Å². The van der Waals surface area contributed by atoms with Gasteiger partial charge in [-0.25, -0.2) is 0 Å². The number of rotatable bonds is 3. The fraction of sp³-hybridized carbons (Fsp3) is 0.667. The van der Waals surface area contributed by atoms with E-state index >= 15 is 0 Å². The second-order valence-electron chi connectivity index (χ2n) is 7.77. The van der Waals surface area contributed by atoms with E-state index in [9.17, 15) is 0 Å². The minimum absolute atomic E-state index is 0.512. The summed E-state index contributed by atoms with van der Waals surface area (Å²) >= 11 is 9.92. The summed E-state index contributed by atoms with van der Waals surface area (Å²) in [7, 11) is 0. The molecule has 1 atom stereocenters. The van der Waals surface area contributed by atoms with Crippen molar-refractivity contribution in [1.29, 1.82) is 0 Å². The second kappa shape index (κ2) is 5.16. The topological polar surface area (TPSA) is 12.0 Å². The van der Waals surface area contributed by atoms with Crippen LogP contribution in [-0.4, -0.2) is 6.04 Å². The maximum Gasteiger partial charge on any atom is 0.0638 e. The molecule has 1 aromatic rings. The van der Waals surface area contributed by atoms with E-state index in [-0.39, 0.29) is 0 Å². The molecule has 1 unspecified atom stereocenters. The lowest BCUT2D eigenvalue weighted by Crippen LogP contribution is -2.52. The first-order valence-corrected chi connectivity index (χ1v) is 9.43. The zero-order chi connectivity index (χ0) is 14.6. The van der Waals surface area contributed by atoms with Gasteiger partial charge in [0.05, 0.1) is 10.7 Å². The monoisotopic (exact) mass is 367 g/mol. The molecule has 4 bridgehead atoms. The summed E-state index contributed by atoms with van der Waals surface area (Å²) in [5, 5.41) is 4.57. The van der Waals surface area contributed by atoms with Crippen LogP contribution in [0.5, 0.6) is 0 Å². The minimum atomic E-state index is 0.512. The van der Waals surface area contributed by atoms with Gasteiger partial charge >= 0.3 is 0 Å². The Morgan fingerprint density at radius 3 is 2.29 bits per heavy atom. The van der Waals surface area contributed by atoms with Gasteiger partial charge in [0.2, 0.25) is 0 Å². The summed E-state index contributed by atoms with van der Waals surface area (Å²) in [4.78, 5) is 0. The van der Waals surface area contributed by atoms with Crippen LogP contribution < -0.4 is 5.32 Å². The Kier molecular flexibility index (Phi) is 3.54. The van der Waals surface area contributed by atoms with Gasteiger partial charge in [0, 0.05) is 10.5 Å². The first-order valence-electron chi connectivity index (χ1n) is 8.26. The molecule has 1 nitrogen and oxygen atoms in total. The molecule has 4 aliphatic rings. The van der Waals surface area contributed by atoms with Gasteiger partial charge < -0.3 is 5.32 Å². The van der Waals surface area contributed by atoms with Gasteiger partial charge in [0.1, 0.15) is 0 Å². The van der Waals surface area contributed by atoms with Gasteiger partial charge in [-0.05, 0) is 86.8 Å². The van der Waals surface area contributed by atoms with Crippen molar-refractivity contribution in [2.24, 2.45) is 23.2 Å². The maximum absolute atomic E-state index is 6.36. The van der Waals surface area contributed by atoms with Crippen LogP contribution in [0, 0.1) is 23.2 Å². The number of hydrogen-bond acceptors (Lipinski definition) is 1. The summed E-state index contributed by atoms with van der Waals surface area (Å²) in [5.74, 6) is 3.00. The molecule has 0 spiro atoms. The summed E-state index contributed by atoms with van der Waals surface area (Å²) in [6.45, 7) is 2.38. The van der Waals surface area contributed by atoms with Gasteiger partial charge in [0.15, 0.2) is 0 Å². The highest BCUT2D eigenvalue weighted by Gasteiger charge is 2.53. The molecule has 0 aliphatic heterocycles. The molecule has 0 amide bonds. The van der Waals surface area contributed by atoms with Crippen LogP contribution in [-0.2, 0) is 0 Å². The standard InChI is InChI=1S/C18H23BrClN/c1-11(21-17-7-15(19)2-3-16(17)20)18-8-12-4-13(9-18)6-14(5-12)10-18/h2-3,7,11-14,21H,4-6,8-10H2,1H3. The second-order valence-corrected chi connectivity index (χ2v) is 9.09. The maximum atomic E-state index is 6.36. The molecule has 4 saturated carbocycles. The third-order valence-electron chi connectivity index (χ3n) is 6.30. The van der Waals surface area contributed by atoms with E-state index in [0.717, 1.165) is 32.9 Å². The first-order chi connectivity index (χ1) is 10.0. The highest BCUT2D eigenvalue weighted by molar-refractivity contribution is 9.10. The predicted molar refractivity (Wildman–Crippen MR) is 92.8 cm³/mol. The lowest BCUT2D eigenvalue weighted by Gasteiger charge is -2.59. The SMILES string of the molecule is CC(Nc1cc(Br)ccc1Cl)C12CC3CC(CC(C3)C1)C2. The Balaban J connectivity index is 1.57. The van der Waals surface area contributed by atoms with Gasteiger partial charge in [0.25, 0.3) is 0 Å². The Morgan fingerprint density at radius 1 is 1.14 bits per heavy atom. The lowest BCUT2D eigenvalue weighted by molar-refractivity contribution is -0.0602. The van der Waals surface area contributed by atoms with Crippen molar-refractivity contribution in [2.45, 2.75) is 51.5 Å². The molecular weight excluding hydrogens is 346 g/mol. The van der Waals surface area contributed by atoms with Crippen molar-refractivity contribution in [3.8, 4) is 0 Å². The first kappa shape index (κ1) is 14.4. The molecule has 3 heteroatoms. The third-order valence-corrected chi connectivity index (χ3v) is 7.13. The summed E-state index contributed by atoms with van der Waals surface area (Å²) in [5.41, 5.74) is 1.59. The highest BCUT2D eigenvalue weighted by Crippen LogP contribution is 2.61. The van der Waals surface area contributed by atoms with E-state index in [2.05, 4.69) is 34.2 Å². The molecule has 0 saturated heterocycles. The van der Waals surface area contributed by atoms with E-state index in [1.807, 2.05) is 12.1 Å². The molecule has 1 aromatic carbocycles. The largest absolute Gasteiger partial charge is 0.381 e. The number of hydrogen-bond donors (Lipinski definition) is 1. The smallest absolute Gasteiger partial charge is 0.0638 e. The Morgan fingerprint density at radius 2 is 1.71 bits per heavy atom. The van der Waals surface area contributed by atoms with Crippen molar-refractivity contribution in [2.75, 3.05) is 5.32 Å². The Hall–Kier alpha value is -0.210.